The highest BCUT2D eigenvalue weighted by Gasteiger charge is 2.20. The summed E-state index contributed by atoms with van der Waals surface area (Å²) in [6.45, 7) is 4.41. The van der Waals surface area contributed by atoms with E-state index in [1.165, 1.54) is 30.4 Å². The Morgan fingerprint density at radius 3 is 2.88 bits per heavy atom. The first-order valence-electron chi connectivity index (χ1n) is 6.13. The highest BCUT2D eigenvalue weighted by Crippen LogP contribution is 2.32. The van der Waals surface area contributed by atoms with E-state index in [1.807, 2.05) is 0 Å². The average Bonchev–Trinajstić information content (AvgIpc) is 2.28. The van der Waals surface area contributed by atoms with Gasteiger partial charge in [0.2, 0.25) is 0 Å². The molecule has 1 atom stereocenters. The molecular weight excluding hydrogens is 198 g/mol. The molecule has 1 unspecified atom stereocenters. The minimum atomic E-state index is 0.499. The van der Waals surface area contributed by atoms with Gasteiger partial charge < -0.3 is 10.1 Å². The number of ether oxygens (including phenoxy) is 1. The van der Waals surface area contributed by atoms with Gasteiger partial charge in [-0.1, -0.05) is 19.9 Å². The molecule has 1 aliphatic carbocycles. The van der Waals surface area contributed by atoms with E-state index >= 15 is 0 Å². The quantitative estimate of drug-likeness (QED) is 0.843. The molecule has 16 heavy (non-hydrogen) atoms. The van der Waals surface area contributed by atoms with Crippen LogP contribution in [0.15, 0.2) is 18.2 Å². The molecule has 0 radical (unpaired) electrons. The smallest absolute Gasteiger partial charge is 0.119 e. The zero-order chi connectivity index (χ0) is 11.5. The first kappa shape index (κ1) is 11.5. The second-order valence-electron chi connectivity index (χ2n) is 4.83. The summed E-state index contributed by atoms with van der Waals surface area (Å²) in [6, 6.07) is 7.49. The largest absolute Gasteiger partial charge is 0.497 e. The highest BCUT2D eigenvalue weighted by atomic mass is 16.5. The van der Waals surface area contributed by atoms with Gasteiger partial charge in [-0.15, -0.1) is 0 Å². The number of methoxy groups -OCH3 is 1. The fourth-order valence-corrected chi connectivity index (χ4v) is 2.48. The molecular formula is C14H21NO. The summed E-state index contributed by atoms with van der Waals surface area (Å²) in [5.74, 6) is 0.969. The van der Waals surface area contributed by atoms with Crippen molar-refractivity contribution in [3.05, 3.63) is 29.3 Å². The van der Waals surface area contributed by atoms with E-state index in [2.05, 4.69) is 37.4 Å². The lowest BCUT2D eigenvalue weighted by Crippen LogP contribution is -2.30. The standard InChI is InChI=1S/C14H21NO/c1-10(2)15-14-6-4-5-11-7-8-12(16-3)9-13(11)14/h7-10,14-15H,4-6H2,1-3H3. The van der Waals surface area contributed by atoms with E-state index in [-0.39, 0.29) is 0 Å². The van der Waals surface area contributed by atoms with Crippen LogP contribution in [0.2, 0.25) is 0 Å². The molecule has 1 aromatic rings. The topological polar surface area (TPSA) is 21.3 Å². The van der Waals surface area contributed by atoms with Gasteiger partial charge in [0, 0.05) is 12.1 Å². The minimum absolute atomic E-state index is 0.499. The lowest BCUT2D eigenvalue weighted by molar-refractivity contribution is 0.402. The van der Waals surface area contributed by atoms with E-state index in [0.717, 1.165) is 5.75 Å². The number of hydrogen-bond donors (Lipinski definition) is 1. The average molecular weight is 219 g/mol. The molecule has 88 valence electrons. The molecule has 1 aromatic carbocycles. The van der Waals surface area contributed by atoms with Crippen LogP contribution in [-0.4, -0.2) is 13.2 Å². The van der Waals surface area contributed by atoms with Crippen LogP contribution in [0.3, 0.4) is 0 Å². The summed E-state index contributed by atoms with van der Waals surface area (Å²) >= 11 is 0. The van der Waals surface area contributed by atoms with Gasteiger partial charge in [-0.25, -0.2) is 0 Å². The Labute approximate surface area is 98.0 Å². The highest BCUT2D eigenvalue weighted by molar-refractivity contribution is 5.39. The van der Waals surface area contributed by atoms with Crippen LogP contribution < -0.4 is 10.1 Å². The molecule has 0 bridgehead atoms. The maximum atomic E-state index is 5.31. The molecule has 2 heteroatoms. The first-order chi connectivity index (χ1) is 7.70. The lowest BCUT2D eigenvalue weighted by Gasteiger charge is -2.28. The van der Waals surface area contributed by atoms with Gasteiger partial charge in [0.15, 0.2) is 0 Å². The van der Waals surface area contributed by atoms with Gasteiger partial charge in [0.1, 0.15) is 5.75 Å². The number of fused-ring (bicyclic) bond motifs is 1. The first-order valence-corrected chi connectivity index (χ1v) is 6.13. The van der Waals surface area contributed by atoms with Crippen molar-refractivity contribution in [2.45, 2.75) is 45.2 Å². The van der Waals surface area contributed by atoms with Crippen LogP contribution in [0.4, 0.5) is 0 Å². The predicted molar refractivity (Wildman–Crippen MR) is 66.9 cm³/mol. The van der Waals surface area contributed by atoms with Gasteiger partial charge in [0.05, 0.1) is 7.11 Å². The van der Waals surface area contributed by atoms with Crippen molar-refractivity contribution >= 4 is 0 Å². The number of benzene rings is 1. The van der Waals surface area contributed by atoms with Crippen molar-refractivity contribution in [3.8, 4) is 5.75 Å². The summed E-state index contributed by atoms with van der Waals surface area (Å²) in [5.41, 5.74) is 2.91. The van der Waals surface area contributed by atoms with Crippen LogP contribution in [0.1, 0.15) is 43.9 Å². The fourth-order valence-electron chi connectivity index (χ4n) is 2.48. The summed E-state index contributed by atoms with van der Waals surface area (Å²) in [5, 5.41) is 3.63. The van der Waals surface area contributed by atoms with Gasteiger partial charge in [-0.2, -0.15) is 0 Å². The molecule has 0 saturated carbocycles. The van der Waals surface area contributed by atoms with Crippen molar-refractivity contribution in [2.75, 3.05) is 7.11 Å². The second-order valence-corrected chi connectivity index (χ2v) is 4.83. The van der Waals surface area contributed by atoms with E-state index in [9.17, 15) is 0 Å². The maximum absolute atomic E-state index is 5.31. The Hall–Kier alpha value is -1.02. The van der Waals surface area contributed by atoms with Crippen molar-refractivity contribution in [1.82, 2.24) is 5.32 Å². The van der Waals surface area contributed by atoms with Crippen LogP contribution in [0, 0.1) is 0 Å². The van der Waals surface area contributed by atoms with Gasteiger partial charge >= 0.3 is 0 Å². The molecule has 0 heterocycles. The molecule has 1 N–H and O–H groups in total. The van der Waals surface area contributed by atoms with Crippen molar-refractivity contribution < 1.29 is 4.74 Å². The molecule has 0 aliphatic heterocycles. The molecule has 1 aliphatic rings. The molecule has 2 nitrogen and oxygen atoms in total. The molecule has 2 rings (SSSR count). The normalized spacial score (nSPS) is 19.6. The third-order valence-corrected chi connectivity index (χ3v) is 3.20. The Bertz CT molecular complexity index is 360. The molecule has 0 saturated heterocycles. The van der Waals surface area contributed by atoms with Crippen molar-refractivity contribution in [1.29, 1.82) is 0 Å². The zero-order valence-corrected chi connectivity index (χ0v) is 10.4. The number of aryl methyl sites for hydroxylation is 1. The number of nitrogens with one attached hydrogen (secondary N) is 1. The van der Waals surface area contributed by atoms with E-state index in [4.69, 9.17) is 4.74 Å². The predicted octanol–water partition coefficient (Wildman–Crippen LogP) is 3.07. The van der Waals surface area contributed by atoms with Crippen LogP contribution in [0.25, 0.3) is 0 Å². The Balaban J connectivity index is 2.28. The summed E-state index contributed by atoms with van der Waals surface area (Å²) in [6.07, 6.45) is 3.72. The monoisotopic (exact) mass is 219 g/mol. The van der Waals surface area contributed by atoms with Crippen molar-refractivity contribution in [3.63, 3.8) is 0 Å². The number of hydrogen-bond acceptors (Lipinski definition) is 2. The molecule has 0 aromatic heterocycles. The van der Waals surface area contributed by atoms with Crippen LogP contribution >= 0.6 is 0 Å². The van der Waals surface area contributed by atoms with Gasteiger partial charge in [0.25, 0.3) is 0 Å². The third kappa shape index (κ3) is 2.38. The van der Waals surface area contributed by atoms with E-state index in [0.29, 0.717) is 12.1 Å². The Morgan fingerprint density at radius 1 is 1.38 bits per heavy atom. The molecule has 0 fully saturated rings. The van der Waals surface area contributed by atoms with Crippen LogP contribution in [-0.2, 0) is 6.42 Å². The minimum Gasteiger partial charge on any atom is -0.497 e. The Morgan fingerprint density at radius 2 is 2.19 bits per heavy atom. The lowest BCUT2D eigenvalue weighted by atomic mass is 9.87. The fraction of sp³-hybridized carbons (Fsp3) is 0.571. The summed E-state index contributed by atoms with van der Waals surface area (Å²) in [7, 11) is 1.73. The maximum Gasteiger partial charge on any atom is 0.119 e. The molecule has 0 amide bonds. The van der Waals surface area contributed by atoms with Crippen molar-refractivity contribution in [2.24, 2.45) is 0 Å². The second kappa shape index (κ2) is 4.88. The summed E-state index contributed by atoms with van der Waals surface area (Å²) in [4.78, 5) is 0. The van der Waals surface area contributed by atoms with Crippen LogP contribution in [0.5, 0.6) is 5.75 Å². The number of rotatable bonds is 3. The molecule has 0 spiro atoms. The van der Waals surface area contributed by atoms with Gasteiger partial charge in [-0.05, 0) is 42.5 Å². The SMILES string of the molecule is COc1ccc2c(c1)C(NC(C)C)CCC2. The van der Waals surface area contributed by atoms with Gasteiger partial charge in [-0.3, -0.25) is 0 Å². The zero-order valence-electron chi connectivity index (χ0n) is 10.4. The van der Waals surface area contributed by atoms with E-state index in [1.54, 1.807) is 7.11 Å². The summed E-state index contributed by atoms with van der Waals surface area (Å²) < 4.78 is 5.31. The Kier molecular flexibility index (Phi) is 3.49. The van der Waals surface area contributed by atoms with E-state index < -0.39 is 0 Å². The third-order valence-electron chi connectivity index (χ3n) is 3.20.